The molecule has 214 valence electrons. The number of nitrogens with zero attached hydrogens (tertiary/aromatic N) is 4. The van der Waals surface area contributed by atoms with E-state index in [0.29, 0.717) is 5.89 Å². The fraction of sp³-hybridized carbons (Fsp3) is 0.0250. The highest BCUT2D eigenvalue weighted by atomic mass is 16.3. The van der Waals surface area contributed by atoms with Gasteiger partial charge in [0.1, 0.15) is 5.52 Å². The van der Waals surface area contributed by atoms with Crippen LogP contribution < -0.4 is 4.90 Å². The van der Waals surface area contributed by atoms with Crippen molar-refractivity contribution in [3.63, 3.8) is 0 Å². The summed E-state index contributed by atoms with van der Waals surface area (Å²) in [6, 6.07) is 51.6. The first-order chi connectivity index (χ1) is 22.2. The summed E-state index contributed by atoms with van der Waals surface area (Å²) in [7, 11) is 0. The summed E-state index contributed by atoms with van der Waals surface area (Å²) in [6.45, 7) is 2.05. The number of benzene rings is 6. The van der Waals surface area contributed by atoms with Crippen molar-refractivity contribution in [2.24, 2.45) is 0 Å². The Kier molecular flexibility index (Phi) is 6.61. The molecule has 45 heavy (non-hydrogen) atoms. The molecule has 0 aliphatic heterocycles. The molecule has 5 nitrogen and oxygen atoms in total. The summed E-state index contributed by atoms with van der Waals surface area (Å²) in [6.07, 6.45) is 0. The van der Waals surface area contributed by atoms with Gasteiger partial charge < -0.3 is 9.32 Å². The van der Waals surface area contributed by atoms with Crippen LogP contribution in [-0.2, 0) is 0 Å². The number of hydrogen-bond donors (Lipinski definition) is 0. The molecule has 0 saturated carbocycles. The molecule has 8 aromatic rings. The van der Waals surface area contributed by atoms with E-state index in [-0.39, 0.29) is 0 Å². The van der Waals surface area contributed by atoms with Gasteiger partial charge in [0.15, 0.2) is 5.58 Å². The molecule has 0 aliphatic carbocycles. The monoisotopic (exact) mass is 580 g/mol. The van der Waals surface area contributed by atoms with Crippen LogP contribution in [0.5, 0.6) is 0 Å². The second kappa shape index (κ2) is 11.2. The van der Waals surface area contributed by atoms with Gasteiger partial charge in [0.05, 0.1) is 22.4 Å². The first kappa shape index (κ1) is 26.5. The van der Waals surface area contributed by atoms with Crippen molar-refractivity contribution >= 4 is 39.2 Å². The number of oxazole rings is 1. The minimum Gasteiger partial charge on any atom is -0.436 e. The van der Waals surface area contributed by atoms with Gasteiger partial charge in [0.2, 0.25) is 5.89 Å². The van der Waals surface area contributed by atoms with E-state index in [1.165, 1.54) is 0 Å². The summed E-state index contributed by atoms with van der Waals surface area (Å²) >= 11 is 0. The van der Waals surface area contributed by atoms with Crippen LogP contribution in [0, 0.1) is 6.92 Å². The standard InChI is InChI=1S/C40H28N4O/c1-27-11-10-18-36-37(27)43-40(45-36)30-21-25-33(26-22-30)44(31-14-6-3-7-15-31)32-23-19-29(20-24-32)39-38(28-12-4-2-5-13-28)41-34-16-8-9-17-35(34)42-39/h2-26H,1H3. The SMILES string of the molecule is Cc1cccc2oc(-c3ccc(N(c4ccccc4)c4ccc(-c5nc6ccccc6nc5-c5ccccc5)cc4)cc3)nc12. The van der Waals surface area contributed by atoms with Crippen molar-refractivity contribution in [1.82, 2.24) is 15.0 Å². The molecule has 0 unspecified atom stereocenters. The fourth-order valence-corrected chi connectivity index (χ4v) is 5.75. The summed E-state index contributed by atoms with van der Waals surface area (Å²) in [5.74, 6) is 0.618. The molecule has 2 aromatic heterocycles. The number of fused-ring (bicyclic) bond motifs is 2. The first-order valence-electron chi connectivity index (χ1n) is 15.0. The van der Waals surface area contributed by atoms with E-state index in [1.807, 2.05) is 60.7 Å². The lowest BCUT2D eigenvalue weighted by atomic mass is 10.0. The second-order valence-corrected chi connectivity index (χ2v) is 11.0. The second-order valence-electron chi connectivity index (χ2n) is 11.0. The molecule has 6 aromatic carbocycles. The molecule has 0 radical (unpaired) electrons. The average Bonchev–Trinajstić information content (AvgIpc) is 3.55. The molecule has 0 aliphatic rings. The van der Waals surface area contributed by atoms with Crippen molar-refractivity contribution in [3.8, 4) is 34.0 Å². The van der Waals surface area contributed by atoms with Crippen molar-refractivity contribution in [3.05, 3.63) is 157 Å². The number of aromatic nitrogens is 3. The predicted molar refractivity (Wildman–Crippen MR) is 183 cm³/mol. The zero-order valence-electron chi connectivity index (χ0n) is 24.6. The zero-order chi connectivity index (χ0) is 30.2. The Bertz CT molecular complexity index is 2260. The molecule has 0 N–H and O–H groups in total. The molecule has 8 rings (SSSR count). The van der Waals surface area contributed by atoms with Crippen LogP contribution in [0.4, 0.5) is 17.1 Å². The van der Waals surface area contributed by atoms with E-state index in [4.69, 9.17) is 19.4 Å². The van der Waals surface area contributed by atoms with E-state index in [2.05, 4.69) is 103 Å². The maximum Gasteiger partial charge on any atom is 0.227 e. The van der Waals surface area contributed by atoms with Crippen LogP contribution in [0.3, 0.4) is 0 Å². The third-order valence-electron chi connectivity index (χ3n) is 8.02. The normalized spacial score (nSPS) is 11.2. The highest BCUT2D eigenvalue weighted by Crippen LogP contribution is 2.38. The molecule has 0 fully saturated rings. The van der Waals surface area contributed by atoms with Crippen molar-refractivity contribution in [2.45, 2.75) is 6.92 Å². The number of para-hydroxylation sites is 4. The number of aryl methyl sites for hydroxylation is 1. The van der Waals surface area contributed by atoms with Gasteiger partial charge in [0, 0.05) is 33.8 Å². The van der Waals surface area contributed by atoms with Gasteiger partial charge in [-0.1, -0.05) is 84.9 Å². The van der Waals surface area contributed by atoms with Gasteiger partial charge >= 0.3 is 0 Å². The average molecular weight is 581 g/mol. The van der Waals surface area contributed by atoms with Crippen molar-refractivity contribution in [2.75, 3.05) is 4.90 Å². The molecule has 5 heteroatoms. The van der Waals surface area contributed by atoms with Crippen LogP contribution in [-0.4, -0.2) is 15.0 Å². The third kappa shape index (κ3) is 5.00. The van der Waals surface area contributed by atoms with Crippen molar-refractivity contribution < 1.29 is 4.42 Å². The summed E-state index contributed by atoms with van der Waals surface area (Å²) in [5.41, 5.74) is 12.4. The highest BCUT2D eigenvalue weighted by Gasteiger charge is 2.17. The number of anilines is 3. The Morgan fingerprint density at radius 2 is 0.956 bits per heavy atom. The van der Waals surface area contributed by atoms with E-state index in [0.717, 1.165) is 72.8 Å². The molecule has 2 heterocycles. The Hall–Kier alpha value is -6.07. The maximum atomic E-state index is 6.09. The molecule has 0 spiro atoms. The van der Waals surface area contributed by atoms with Crippen molar-refractivity contribution in [1.29, 1.82) is 0 Å². The predicted octanol–water partition coefficient (Wildman–Crippen LogP) is 10.6. The largest absolute Gasteiger partial charge is 0.436 e. The Morgan fingerprint density at radius 1 is 0.444 bits per heavy atom. The van der Waals surface area contributed by atoms with E-state index < -0.39 is 0 Å². The Labute approximate surface area is 261 Å². The van der Waals surface area contributed by atoms with Crippen LogP contribution in [0.1, 0.15) is 5.56 Å². The molecular weight excluding hydrogens is 552 g/mol. The molecule has 0 bridgehead atoms. The van der Waals surface area contributed by atoms with E-state index in [9.17, 15) is 0 Å². The topological polar surface area (TPSA) is 55.1 Å². The Balaban J connectivity index is 1.19. The lowest BCUT2D eigenvalue weighted by molar-refractivity contribution is 0.620. The first-order valence-corrected chi connectivity index (χ1v) is 15.0. The molecule has 0 amide bonds. The van der Waals surface area contributed by atoms with Crippen LogP contribution >= 0.6 is 0 Å². The highest BCUT2D eigenvalue weighted by molar-refractivity contribution is 5.87. The van der Waals surface area contributed by atoms with Crippen LogP contribution in [0.25, 0.3) is 56.1 Å². The van der Waals surface area contributed by atoms with Crippen LogP contribution in [0.15, 0.2) is 156 Å². The summed E-state index contributed by atoms with van der Waals surface area (Å²) < 4.78 is 6.09. The fourth-order valence-electron chi connectivity index (χ4n) is 5.75. The van der Waals surface area contributed by atoms with Gasteiger partial charge in [0.25, 0.3) is 0 Å². The molecular formula is C40H28N4O. The van der Waals surface area contributed by atoms with Crippen LogP contribution in [0.2, 0.25) is 0 Å². The van der Waals surface area contributed by atoms with Gasteiger partial charge in [-0.3, -0.25) is 0 Å². The third-order valence-corrected chi connectivity index (χ3v) is 8.02. The smallest absolute Gasteiger partial charge is 0.227 e. The van der Waals surface area contributed by atoms with Gasteiger partial charge in [-0.2, -0.15) is 0 Å². The lowest BCUT2D eigenvalue weighted by Crippen LogP contribution is -2.09. The zero-order valence-corrected chi connectivity index (χ0v) is 24.6. The maximum absolute atomic E-state index is 6.09. The van der Waals surface area contributed by atoms with E-state index >= 15 is 0 Å². The quantitative estimate of drug-likeness (QED) is 0.196. The minimum absolute atomic E-state index is 0.618. The number of rotatable bonds is 6. The lowest BCUT2D eigenvalue weighted by Gasteiger charge is -2.25. The van der Waals surface area contributed by atoms with Gasteiger partial charge in [-0.25, -0.2) is 15.0 Å². The van der Waals surface area contributed by atoms with Gasteiger partial charge in [-0.05, 0) is 79.2 Å². The minimum atomic E-state index is 0.618. The van der Waals surface area contributed by atoms with E-state index in [1.54, 1.807) is 0 Å². The molecule has 0 atom stereocenters. The number of hydrogen-bond acceptors (Lipinski definition) is 5. The Morgan fingerprint density at radius 3 is 1.56 bits per heavy atom. The van der Waals surface area contributed by atoms with Gasteiger partial charge in [-0.15, -0.1) is 0 Å². The summed E-state index contributed by atoms with van der Waals surface area (Å²) in [5, 5.41) is 0. The summed E-state index contributed by atoms with van der Waals surface area (Å²) in [4.78, 5) is 17.1. The molecule has 0 saturated heterocycles.